The molecule has 1 fully saturated rings. The van der Waals surface area contributed by atoms with Gasteiger partial charge in [-0.1, -0.05) is 6.08 Å². The first-order valence-electron chi connectivity index (χ1n) is 10.2. The number of allylic oxidation sites excluding steroid dienone is 3. The molecule has 2 aromatic carbocycles. The Morgan fingerprint density at radius 2 is 1.45 bits per heavy atom. The topological polar surface area (TPSA) is 57.0 Å². The van der Waals surface area contributed by atoms with E-state index < -0.39 is 0 Å². The van der Waals surface area contributed by atoms with Gasteiger partial charge in [0.1, 0.15) is 30.5 Å². The summed E-state index contributed by atoms with van der Waals surface area (Å²) in [6.45, 7) is 4.39. The third-order valence-corrected chi connectivity index (χ3v) is 4.87. The molecule has 6 heteroatoms. The van der Waals surface area contributed by atoms with Crippen LogP contribution in [-0.4, -0.2) is 56.8 Å². The number of methoxy groups -OCH3 is 2. The molecular weight excluding hydrogens is 394 g/mol. The normalized spacial score (nSPS) is 14.4. The largest absolute Gasteiger partial charge is 0.497 e. The molecule has 3 rings (SSSR count). The van der Waals surface area contributed by atoms with Crippen molar-refractivity contribution in [2.24, 2.45) is 0 Å². The van der Waals surface area contributed by atoms with Gasteiger partial charge in [-0.25, -0.2) is 4.58 Å². The number of ether oxygens (including phenoxy) is 4. The predicted octanol–water partition coefficient (Wildman–Crippen LogP) is 3.70. The molecule has 0 aliphatic carbocycles. The van der Waals surface area contributed by atoms with Crippen molar-refractivity contribution >= 4 is 17.4 Å². The summed E-state index contributed by atoms with van der Waals surface area (Å²) < 4.78 is 23.7. The monoisotopic (exact) mass is 422 g/mol. The highest BCUT2D eigenvalue weighted by Crippen LogP contribution is 2.20. The molecule has 31 heavy (non-hydrogen) atoms. The minimum Gasteiger partial charge on any atom is -0.497 e. The summed E-state index contributed by atoms with van der Waals surface area (Å²) in [5.41, 5.74) is 2.93. The van der Waals surface area contributed by atoms with E-state index in [1.807, 2.05) is 60.7 Å². The van der Waals surface area contributed by atoms with Crippen molar-refractivity contribution in [1.29, 1.82) is 0 Å². The van der Waals surface area contributed by atoms with Crippen LogP contribution >= 0.6 is 0 Å². The molecule has 0 spiro atoms. The van der Waals surface area contributed by atoms with Gasteiger partial charge in [-0.3, -0.25) is 4.79 Å². The Morgan fingerprint density at radius 3 is 1.97 bits per heavy atom. The Balaban J connectivity index is 1.93. The quantitative estimate of drug-likeness (QED) is 0.295. The van der Waals surface area contributed by atoms with E-state index in [4.69, 9.17) is 18.9 Å². The van der Waals surface area contributed by atoms with Gasteiger partial charge in [0.2, 0.25) is 5.71 Å². The number of esters is 1. The molecule has 1 aliphatic rings. The lowest BCUT2D eigenvalue weighted by Crippen LogP contribution is -2.33. The maximum absolute atomic E-state index is 11.6. The third-order valence-electron chi connectivity index (χ3n) is 4.87. The molecule has 1 saturated heterocycles. The first kappa shape index (κ1) is 22.3. The van der Waals surface area contributed by atoms with Crippen LogP contribution in [0.3, 0.4) is 0 Å². The fourth-order valence-electron chi connectivity index (χ4n) is 3.28. The molecule has 0 N–H and O–H groups in total. The lowest BCUT2D eigenvalue weighted by atomic mass is 10.1. The van der Waals surface area contributed by atoms with Crippen LogP contribution in [0.5, 0.6) is 11.5 Å². The number of carbonyl (C=O) groups is 1. The number of rotatable bonds is 7. The Kier molecular flexibility index (Phi) is 8.01. The van der Waals surface area contributed by atoms with E-state index in [0.29, 0.717) is 19.0 Å². The molecule has 1 heterocycles. The van der Waals surface area contributed by atoms with Gasteiger partial charge in [0.05, 0.1) is 14.2 Å². The molecule has 0 amide bonds. The van der Waals surface area contributed by atoms with E-state index in [0.717, 1.165) is 41.4 Å². The summed E-state index contributed by atoms with van der Waals surface area (Å²) in [4.78, 5) is 11.6. The average molecular weight is 423 g/mol. The molecule has 0 atom stereocenters. The van der Waals surface area contributed by atoms with E-state index in [2.05, 4.69) is 4.58 Å². The molecule has 1 aliphatic heterocycles. The Labute approximate surface area is 183 Å². The van der Waals surface area contributed by atoms with E-state index in [9.17, 15) is 4.79 Å². The maximum atomic E-state index is 11.6. The molecule has 2 aromatic rings. The van der Waals surface area contributed by atoms with Gasteiger partial charge in [-0.05, 0) is 54.6 Å². The van der Waals surface area contributed by atoms with Crippen molar-refractivity contribution in [3.8, 4) is 11.5 Å². The van der Waals surface area contributed by atoms with Crippen LogP contribution in [-0.2, 0) is 14.3 Å². The molecule has 0 bridgehead atoms. The van der Waals surface area contributed by atoms with Crippen LogP contribution in [0.25, 0.3) is 5.76 Å². The van der Waals surface area contributed by atoms with Gasteiger partial charge < -0.3 is 18.9 Å². The zero-order chi connectivity index (χ0) is 22.1. The zero-order valence-corrected chi connectivity index (χ0v) is 18.2. The Bertz CT molecular complexity index is 964. The minimum atomic E-state index is -0.372. The molecule has 0 saturated carbocycles. The first-order chi connectivity index (χ1) is 15.1. The lowest BCUT2D eigenvalue weighted by Gasteiger charge is -2.14. The summed E-state index contributed by atoms with van der Waals surface area (Å²) in [6, 6.07) is 15.3. The van der Waals surface area contributed by atoms with E-state index in [-0.39, 0.29) is 5.97 Å². The zero-order valence-electron chi connectivity index (χ0n) is 18.2. The van der Waals surface area contributed by atoms with Crippen LogP contribution in [0.15, 0.2) is 66.8 Å². The molecule has 6 nitrogen and oxygen atoms in total. The van der Waals surface area contributed by atoms with Crippen LogP contribution in [0.4, 0.5) is 0 Å². The standard InChI is InChI=1S/C25H28NO5/c1-19(27)31-25(21-9-13-23(29-3)14-10-21)6-4-5-24(26-15-17-30-18-16-26)20-7-11-22(28-2)12-8-20/h4-14H,15-18H2,1-3H3/q+1/b5-4+,25-6+. The van der Waals surface area contributed by atoms with Crippen molar-refractivity contribution < 1.29 is 28.3 Å². The number of hydrogen-bond donors (Lipinski definition) is 0. The summed E-state index contributed by atoms with van der Waals surface area (Å²) >= 11 is 0. The van der Waals surface area contributed by atoms with Gasteiger partial charge in [-0.15, -0.1) is 0 Å². The number of morpholine rings is 1. The van der Waals surface area contributed by atoms with E-state index in [1.54, 1.807) is 20.3 Å². The van der Waals surface area contributed by atoms with E-state index >= 15 is 0 Å². The van der Waals surface area contributed by atoms with Gasteiger partial charge >= 0.3 is 5.97 Å². The predicted molar refractivity (Wildman–Crippen MR) is 120 cm³/mol. The maximum Gasteiger partial charge on any atom is 0.308 e. The minimum absolute atomic E-state index is 0.372. The van der Waals surface area contributed by atoms with Crippen molar-refractivity contribution in [2.75, 3.05) is 40.5 Å². The van der Waals surface area contributed by atoms with Gasteiger partial charge in [-0.2, -0.15) is 0 Å². The molecule has 0 radical (unpaired) electrons. The van der Waals surface area contributed by atoms with Gasteiger partial charge in [0.15, 0.2) is 13.1 Å². The first-order valence-corrected chi connectivity index (χ1v) is 10.2. The number of hydrogen-bond acceptors (Lipinski definition) is 5. The average Bonchev–Trinajstić information content (AvgIpc) is 2.81. The second-order valence-electron chi connectivity index (χ2n) is 6.93. The summed E-state index contributed by atoms with van der Waals surface area (Å²) in [6.07, 6.45) is 5.73. The molecular formula is C25H28NO5+. The number of nitrogens with zero attached hydrogens (tertiary/aromatic N) is 1. The van der Waals surface area contributed by atoms with E-state index in [1.165, 1.54) is 6.92 Å². The molecule has 0 aromatic heterocycles. The second kappa shape index (κ2) is 11.1. The van der Waals surface area contributed by atoms with Crippen LogP contribution in [0.1, 0.15) is 18.1 Å². The summed E-state index contributed by atoms with van der Waals surface area (Å²) in [7, 11) is 3.27. The van der Waals surface area contributed by atoms with Crippen molar-refractivity contribution in [3.05, 3.63) is 77.9 Å². The smallest absolute Gasteiger partial charge is 0.308 e. The van der Waals surface area contributed by atoms with Crippen molar-refractivity contribution in [1.82, 2.24) is 0 Å². The third kappa shape index (κ3) is 6.30. The Morgan fingerprint density at radius 1 is 0.903 bits per heavy atom. The van der Waals surface area contributed by atoms with Crippen LogP contribution in [0.2, 0.25) is 0 Å². The van der Waals surface area contributed by atoms with Crippen molar-refractivity contribution in [3.63, 3.8) is 0 Å². The number of benzene rings is 2. The summed E-state index contributed by atoms with van der Waals surface area (Å²) in [5, 5.41) is 0. The molecule has 162 valence electrons. The fourth-order valence-corrected chi connectivity index (χ4v) is 3.28. The van der Waals surface area contributed by atoms with Gasteiger partial charge in [0.25, 0.3) is 0 Å². The summed E-state index contributed by atoms with van der Waals surface area (Å²) in [5.74, 6) is 1.65. The van der Waals surface area contributed by atoms with Crippen LogP contribution < -0.4 is 9.47 Å². The lowest BCUT2D eigenvalue weighted by molar-refractivity contribution is -0.548. The molecule has 0 unspecified atom stereocenters. The van der Waals surface area contributed by atoms with Gasteiger partial charge in [0, 0.05) is 24.1 Å². The number of carbonyl (C=O) groups excluding carboxylic acids is 1. The highest BCUT2D eigenvalue weighted by atomic mass is 16.5. The van der Waals surface area contributed by atoms with Crippen molar-refractivity contribution in [2.45, 2.75) is 6.92 Å². The second-order valence-corrected chi connectivity index (χ2v) is 6.93. The van der Waals surface area contributed by atoms with Crippen LogP contribution in [0, 0.1) is 0 Å². The SMILES string of the molecule is COc1ccc(C(/C=C/C=C(/OC(C)=O)c2ccc(OC)cc2)=[N+]2CCOCC2)cc1. The highest BCUT2D eigenvalue weighted by molar-refractivity contribution is 6.05. The fraction of sp³-hybridized carbons (Fsp3) is 0.280. The Hall–Kier alpha value is -3.38. The highest BCUT2D eigenvalue weighted by Gasteiger charge is 2.18.